The van der Waals surface area contributed by atoms with E-state index in [4.69, 9.17) is 0 Å². The van der Waals surface area contributed by atoms with Gasteiger partial charge in [0.2, 0.25) is 5.95 Å². The van der Waals surface area contributed by atoms with Crippen molar-refractivity contribution in [3.05, 3.63) is 46.1 Å². The third-order valence-electron chi connectivity index (χ3n) is 3.07. The van der Waals surface area contributed by atoms with E-state index >= 15 is 0 Å². The van der Waals surface area contributed by atoms with Crippen molar-refractivity contribution >= 4 is 27.7 Å². The van der Waals surface area contributed by atoms with Crippen LogP contribution in [0.3, 0.4) is 0 Å². The number of anilines is 2. The summed E-state index contributed by atoms with van der Waals surface area (Å²) in [5, 5.41) is 6.24. The minimum absolute atomic E-state index is 0.561. The lowest BCUT2D eigenvalue weighted by Gasteiger charge is -2.10. The second-order valence-corrected chi connectivity index (χ2v) is 5.74. The van der Waals surface area contributed by atoms with Crippen LogP contribution in [-0.2, 0) is 6.54 Å². The summed E-state index contributed by atoms with van der Waals surface area (Å²) < 4.78 is 0.857. The number of rotatable bonds is 5. The maximum atomic E-state index is 4.37. The molecule has 4 nitrogen and oxygen atoms in total. The molecular weight excluding hydrogens is 316 g/mol. The molecule has 0 amide bonds. The maximum Gasteiger partial charge on any atom is 0.224 e. The molecule has 0 radical (unpaired) electrons. The van der Waals surface area contributed by atoms with Crippen molar-refractivity contribution in [3.8, 4) is 0 Å². The van der Waals surface area contributed by atoms with Gasteiger partial charge in [0.15, 0.2) is 0 Å². The van der Waals surface area contributed by atoms with Crippen molar-refractivity contribution in [1.29, 1.82) is 0 Å². The standard InChI is InChI=1S/C15H19BrN4/c1-10(2)12-6-4-11(5-7-12)8-18-14-13(16)9-19-15(17-3)20-14/h4-7,9-10H,8H2,1-3H3,(H2,17,18,19,20). The van der Waals surface area contributed by atoms with E-state index in [0.29, 0.717) is 11.9 Å². The van der Waals surface area contributed by atoms with Crippen LogP contribution in [0.25, 0.3) is 0 Å². The SMILES string of the molecule is CNc1ncc(Br)c(NCc2ccc(C(C)C)cc2)n1. The molecule has 0 spiro atoms. The van der Waals surface area contributed by atoms with E-state index in [1.807, 2.05) is 0 Å². The van der Waals surface area contributed by atoms with E-state index in [2.05, 4.69) is 74.6 Å². The molecule has 0 saturated carbocycles. The van der Waals surface area contributed by atoms with E-state index in [0.717, 1.165) is 16.8 Å². The molecule has 0 atom stereocenters. The van der Waals surface area contributed by atoms with Crippen molar-refractivity contribution in [2.75, 3.05) is 17.7 Å². The molecule has 106 valence electrons. The Bertz CT molecular complexity index is 567. The van der Waals surface area contributed by atoms with Crippen LogP contribution in [-0.4, -0.2) is 17.0 Å². The molecule has 2 aromatic rings. The Morgan fingerprint density at radius 2 is 1.90 bits per heavy atom. The first-order valence-corrected chi connectivity index (χ1v) is 7.42. The third-order valence-corrected chi connectivity index (χ3v) is 3.65. The summed E-state index contributed by atoms with van der Waals surface area (Å²) in [6, 6.07) is 8.65. The highest BCUT2D eigenvalue weighted by Gasteiger charge is 2.04. The average molecular weight is 335 g/mol. The molecule has 0 bridgehead atoms. The third kappa shape index (κ3) is 3.70. The summed E-state index contributed by atoms with van der Waals surface area (Å²) in [5.41, 5.74) is 2.58. The van der Waals surface area contributed by atoms with Gasteiger partial charge in [0.1, 0.15) is 5.82 Å². The molecule has 0 aliphatic rings. The number of hydrogen-bond donors (Lipinski definition) is 2. The Kier molecular flexibility index (Phi) is 4.95. The van der Waals surface area contributed by atoms with E-state index in [1.54, 1.807) is 13.2 Å². The van der Waals surface area contributed by atoms with Gasteiger partial charge in [0, 0.05) is 19.8 Å². The van der Waals surface area contributed by atoms with Crippen molar-refractivity contribution in [2.45, 2.75) is 26.3 Å². The number of hydrogen-bond acceptors (Lipinski definition) is 4. The second-order valence-electron chi connectivity index (χ2n) is 4.89. The Hall–Kier alpha value is -1.62. The maximum absolute atomic E-state index is 4.37. The Morgan fingerprint density at radius 3 is 2.50 bits per heavy atom. The zero-order valence-electron chi connectivity index (χ0n) is 11.9. The van der Waals surface area contributed by atoms with Gasteiger partial charge in [-0.15, -0.1) is 0 Å². The van der Waals surface area contributed by atoms with E-state index < -0.39 is 0 Å². The van der Waals surface area contributed by atoms with E-state index in [9.17, 15) is 0 Å². The molecule has 0 unspecified atom stereocenters. The lowest BCUT2D eigenvalue weighted by atomic mass is 10.0. The molecule has 2 rings (SSSR count). The van der Waals surface area contributed by atoms with Gasteiger partial charge in [0.05, 0.1) is 4.47 Å². The molecule has 1 aromatic carbocycles. The normalized spacial score (nSPS) is 10.7. The zero-order chi connectivity index (χ0) is 14.5. The monoisotopic (exact) mass is 334 g/mol. The second kappa shape index (κ2) is 6.70. The first-order chi connectivity index (χ1) is 9.60. The predicted molar refractivity (Wildman–Crippen MR) is 87.1 cm³/mol. The molecular formula is C15H19BrN4. The summed E-state index contributed by atoms with van der Waals surface area (Å²) in [7, 11) is 1.80. The van der Waals surface area contributed by atoms with Gasteiger partial charge < -0.3 is 10.6 Å². The molecule has 0 aliphatic carbocycles. The smallest absolute Gasteiger partial charge is 0.224 e. The van der Waals surface area contributed by atoms with Crippen molar-refractivity contribution < 1.29 is 0 Å². The van der Waals surface area contributed by atoms with Gasteiger partial charge in [-0.3, -0.25) is 0 Å². The molecule has 20 heavy (non-hydrogen) atoms. The summed E-state index contributed by atoms with van der Waals surface area (Å²) in [5.74, 6) is 1.95. The minimum Gasteiger partial charge on any atom is -0.365 e. The first-order valence-electron chi connectivity index (χ1n) is 6.63. The Balaban J connectivity index is 2.04. The molecule has 1 aromatic heterocycles. The number of nitrogens with one attached hydrogen (secondary N) is 2. The van der Waals surface area contributed by atoms with E-state index in [1.165, 1.54) is 11.1 Å². The Labute approximate surface area is 128 Å². The van der Waals surface area contributed by atoms with Crippen molar-refractivity contribution in [3.63, 3.8) is 0 Å². The zero-order valence-corrected chi connectivity index (χ0v) is 13.5. The highest BCUT2D eigenvalue weighted by Crippen LogP contribution is 2.21. The van der Waals surface area contributed by atoms with Crippen LogP contribution in [0.5, 0.6) is 0 Å². The van der Waals surface area contributed by atoms with Crippen LogP contribution < -0.4 is 10.6 Å². The molecule has 0 saturated heterocycles. The van der Waals surface area contributed by atoms with Crippen molar-refractivity contribution in [1.82, 2.24) is 9.97 Å². The fraction of sp³-hybridized carbons (Fsp3) is 0.333. The van der Waals surface area contributed by atoms with Crippen molar-refractivity contribution in [2.24, 2.45) is 0 Å². The Morgan fingerprint density at radius 1 is 1.20 bits per heavy atom. The predicted octanol–water partition coefficient (Wildman–Crippen LogP) is 4.02. The fourth-order valence-electron chi connectivity index (χ4n) is 1.82. The fourth-order valence-corrected chi connectivity index (χ4v) is 2.15. The summed E-state index contributed by atoms with van der Waals surface area (Å²) >= 11 is 3.45. The summed E-state index contributed by atoms with van der Waals surface area (Å²) in [4.78, 5) is 8.51. The van der Waals surface area contributed by atoms with Crippen LogP contribution >= 0.6 is 15.9 Å². The largest absolute Gasteiger partial charge is 0.365 e. The topological polar surface area (TPSA) is 49.8 Å². The summed E-state index contributed by atoms with van der Waals surface area (Å²) in [6.07, 6.45) is 1.74. The minimum atomic E-state index is 0.561. The van der Waals surface area contributed by atoms with Gasteiger partial charge in [-0.1, -0.05) is 38.1 Å². The van der Waals surface area contributed by atoms with Crippen LogP contribution in [0, 0.1) is 0 Å². The molecule has 2 N–H and O–H groups in total. The first kappa shape index (κ1) is 14.8. The molecule has 0 aliphatic heterocycles. The molecule has 5 heteroatoms. The highest BCUT2D eigenvalue weighted by molar-refractivity contribution is 9.10. The number of halogens is 1. The van der Waals surface area contributed by atoms with Gasteiger partial charge in [-0.05, 0) is 33.0 Å². The lowest BCUT2D eigenvalue weighted by molar-refractivity contribution is 0.865. The van der Waals surface area contributed by atoms with Crippen LogP contribution in [0.2, 0.25) is 0 Å². The molecule has 1 heterocycles. The van der Waals surface area contributed by atoms with E-state index in [-0.39, 0.29) is 0 Å². The lowest BCUT2D eigenvalue weighted by Crippen LogP contribution is -2.05. The van der Waals surface area contributed by atoms with Crippen LogP contribution in [0.1, 0.15) is 30.9 Å². The number of aromatic nitrogens is 2. The number of nitrogens with zero attached hydrogens (tertiary/aromatic N) is 2. The summed E-state index contributed by atoms with van der Waals surface area (Å²) in [6.45, 7) is 5.13. The van der Waals surface area contributed by atoms with Crippen LogP contribution in [0.4, 0.5) is 11.8 Å². The van der Waals surface area contributed by atoms with Gasteiger partial charge >= 0.3 is 0 Å². The average Bonchev–Trinajstić information content (AvgIpc) is 2.47. The van der Waals surface area contributed by atoms with Gasteiger partial charge in [0.25, 0.3) is 0 Å². The van der Waals surface area contributed by atoms with Crippen LogP contribution in [0.15, 0.2) is 34.9 Å². The number of benzene rings is 1. The molecule has 0 fully saturated rings. The quantitative estimate of drug-likeness (QED) is 0.867. The van der Waals surface area contributed by atoms with Gasteiger partial charge in [-0.25, -0.2) is 4.98 Å². The highest BCUT2D eigenvalue weighted by atomic mass is 79.9. The van der Waals surface area contributed by atoms with Gasteiger partial charge in [-0.2, -0.15) is 4.98 Å².